The molecule has 0 amide bonds. The average molecular weight is 186 g/mol. The topological polar surface area (TPSA) is 29.5 Å². The lowest BCUT2D eigenvalue weighted by molar-refractivity contribution is 0.0127. The maximum absolute atomic E-state index is 9.08. The first-order valence-electron chi connectivity index (χ1n) is 4.82. The molecule has 0 aromatic carbocycles. The van der Waals surface area contributed by atoms with Gasteiger partial charge < -0.3 is 9.84 Å². The molecule has 0 aliphatic rings. The molecule has 0 aliphatic carbocycles. The van der Waals surface area contributed by atoms with Crippen LogP contribution in [0, 0.1) is 5.92 Å². The van der Waals surface area contributed by atoms with Crippen LogP contribution in [0.4, 0.5) is 0 Å². The van der Waals surface area contributed by atoms with Crippen LogP contribution in [0.2, 0.25) is 0 Å². The Labute approximate surface area is 81.6 Å². The van der Waals surface area contributed by atoms with Gasteiger partial charge in [-0.1, -0.05) is 13.5 Å². The Morgan fingerprint density at radius 3 is 2.46 bits per heavy atom. The number of methoxy groups -OCH3 is 1. The van der Waals surface area contributed by atoms with E-state index in [1.54, 1.807) is 7.11 Å². The van der Waals surface area contributed by atoms with Gasteiger partial charge in [0.15, 0.2) is 0 Å². The van der Waals surface area contributed by atoms with Gasteiger partial charge >= 0.3 is 0 Å². The normalized spacial score (nSPS) is 14.2. The molecule has 1 unspecified atom stereocenters. The van der Waals surface area contributed by atoms with Gasteiger partial charge in [0.2, 0.25) is 0 Å². The maximum Gasteiger partial charge on any atom is 0.0879 e. The SMILES string of the molecule is C=C(O)C(C)CCCC(C)(C)OC. The molecule has 2 heteroatoms. The molecule has 0 bridgehead atoms. The van der Waals surface area contributed by atoms with Gasteiger partial charge in [-0.25, -0.2) is 0 Å². The molecule has 0 aromatic rings. The first-order chi connectivity index (χ1) is 5.89. The van der Waals surface area contributed by atoms with Crippen LogP contribution in [0.25, 0.3) is 0 Å². The van der Waals surface area contributed by atoms with Crippen molar-refractivity contribution < 1.29 is 9.84 Å². The highest BCUT2D eigenvalue weighted by Crippen LogP contribution is 2.20. The number of hydrogen-bond donors (Lipinski definition) is 1. The number of hydrogen-bond acceptors (Lipinski definition) is 2. The van der Waals surface area contributed by atoms with Crippen molar-refractivity contribution in [2.24, 2.45) is 5.92 Å². The van der Waals surface area contributed by atoms with Crippen LogP contribution in [0.3, 0.4) is 0 Å². The van der Waals surface area contributed by atoms with Crippen LogP contribution in [0.15, 0.2) is 12.3 Å². The molecule has 13 heavy (non-hydrogen) atoms. The second-order valence-electron chi connectivity index (χ2n) is 4.25. The molecular weight excluding hydrogens is 164 g/mol. The smallest absolute Gasteiger partial charge is 0.0879 e. The number of ether oxygens (including phenoxy) is 1. The van der Waals surface area contributed by atoms with Crippen LogP contribution in [0.5, 0.6) is 0 Å². The van der Waals surface area contributed by atoms with E-state index < -0.39 is 0 Å². The van der Waals surface area contributed by atoms with Crippen molar-refractivity contribution in [3.63, 3.8) is 0 Å². The monoisotopic (exact) mass is 186 g/mol. The predicted octanol–water partition coefficient (Wildman–Crippen LogP) is 3.29. The molecule has 0 radical (unpaired) electrons. The van der Waals surface area contributed by atoms with Crippen molar-refractivity contribution in [1.82, 2.24) is 0 Å². The van der Waals surface area contributed by atoms with Crippen LogP contribution in [-0.4, -0.2) is 17.8 Å². The van der Waals surface area contributed by atoms with Gasteiger partial charge in [0, 0.05) is 13.0 Å². The summed E-state index contributed by atoms with van der Waals surface area (Å²) in [4.78, 5) is 0. The molecule has 0 spiro atoms. The van der Waals surface area contributed by atoms with Crippen LogP contribution < -0.4 is 0 Å². The summed E-state index contributed by atoms with van der Waals surface area (Å²) in [7, 11) is 1.73. The Morgan fingerprint density at radius 2 is 2.08 bits per heavy atom. The van der Waals surface area contributed by atoms with Crippen molar-refractivity contribution >= 4 is 0 Å². The number of aliphatic hydroxyl groups excluding tert-OH is 1. The highest BCUT2D eigenvalue weighted by Gasteiger charge is 2.16. The predicted molar refractivity (Wildman–Crippen MR) is 55.9 cm³/mol. The van der Waals surface area contributed by atoms with Crippen molar-refractivity contribution in [1.29, 1.82) is 0 Å². The minimum absolute atomic E-state index is 0.0451. The second kappa shape index (κ2) is 5.28. The summed E-state index contributed by atoms with van der Waals surface area (Å²) in [6, 6.07) is 0. The number of rotatable bonds is 6. The van der Waals surface area contributed by atoms with Gasteiger partial charge in [-0.05, 0) is 33.1 Å². The van der Waals surface area contributed by atoms with Crippen molar-refractivity contribution in [2.75, 3.05) is 7.11 Å². The minimum Gasteiger partial charge on any atom is -0.513 e. The summed E-state index contributed by atoms with van der Waals surface area (Å²) in [6.07, 6.45) is 3.05. The lowest BCUT2D eigenvalue weighted by Crippen LogP contribution is -2.22. The molecule has 0 heterocycles. The van der Waals surface area contributed by atoms with Crippen LogP contribution >= 0.6 is 0 Å². The van der Waals surface area contributed by atoms with E-state index in [2.05, 4.69) is 20.4 Å². The maximum atomic E-state index is 9.08. The molecule has 1 atom stereocenters. The summed E-state index contributed by atoms with van der Waals surface area (Å²) in [5.74, 6) is 0.489. The third kappa shape index (κ3) is 5.69. The van der Waals surface area contributed by atoms with Gasteiger partial charge in [0.1, 0.15) is 0 Å². The molecule has 1 N–H and O–H groups in total. The lowest BCUT2D eigenvalue weighted by atomic mass is 9.96. The van der Waals surface area contributed by atoms with Crippen LogP contribution in [-0.2, 0) is 4.74 Å². The lowest BCUT2D eigenvalue weighted by Gasteiger charge is -2.23. The highest BCUT2D eigenvalue weighted by atomic mass is 16.5. The zero-order valence-corrected chi connectivity index (χ0v) is 9.26. The molecule has 2 nitrogen and oxygen atoms in total. The largest absolute Gasteiger partial charge is 0.513 e. The van der Waals surface area contributed by atoms with Crippen LogP contribution in [0.1, 0.15) is 40.0 Å². The zero-order chi connectivity index (χ0) is 10.5. The van der Waals surface area contributed by atoms with Crippen molar-refractivity contribution in [3.05, 3.63) is 12.3 Å². The Balaban J connectivity index is 3.62. The fourth-order valence-electron chi connectivity index (χ4n) is 1.10. The molecule has 0 aromatic heterocycles. The van der Waals surface area contributed by atoms with E-state index >= 15 is 0 Å². The fraction of sp³-hybridized carbons (Fsp3) is 0.818. The van der Waals surface area contributed by atoms with E-state index in [-0.39, 0.29) is 17.3 Å². The Bertz CT molecular complexity index is 161. The van der Waals surface area contributed by atoms with Crippen molar-refractivity contribution in [3.8, 4) is 0 Å². The van der Waals surface area contributed by atoms with Gasteiger partial charge in [0.05, 0.1) is 11.4 Å². The van der Waals surface area contributed by atoms with Gasteiger partial charge in [-0.2, -0.15) is 0 Å². The van der Waals surface area contributed by atoms with E-state index in [0.29, 0.717) is 0 Å². The van der Waals surface area contributed by atoms with Crippen molar-refractivity contribution in [2.45, 2.75) is 45.6 Å². The first-order valence-corrected chi connectivity index (χ1v) is 4.82. The summed E-state index contributed by atoms with van der Waals surface area (Å²) in [5.41, 5.74) is -0.0451. The average Bonchev–Trinajstić information content (AvgIpc) is 2.04. The Morgan fingerprint density at radius 1 is 1.54 bits per heavy atom. The Kier molecular flexibility index (Phi) is 5.07. The van der Waals surface area contributed by atoms with E-state index in [4.69, 9.17) is 9.84 Å². The van der Waals surface area contributed by atoms with E-state index in [1.165, 1.54) is 0 Å². The molecule has 0 aliphatic heterocycles. The molecular formula is C11H22O2. The summed E-state index contributed by atoms with van der Waals surface area (Å²) >= 11 is 0. The van der Waals surface area contributed by atoms with E-state index in [1.807, 2.05) is 6.92 Å². The molecule has 0 saturated heterocycles. The van der Waals surface area contributed by atoms with Gasteiger partial charge in [-0.3, -0.25) is 0 Å². The summed E-state index contributed by atoms with van der Waals surface area (Å²) < 4.78 is 5.30. The third-order valence-electron chi connectivity index (χ3n) is 2.54. The summed E-state index contributed by atoms with van der Waals surface area (Å²) in [6.45, 7) is 9.65. The quantitative estimate of drug-likeness (QED) is 0.645. The first kappa shape index (κ1) is 12.5. The molecule has 0 rings (SSSR count). The van der Waals surface area contributed by atoms with Gasteiger partial charge in [0.25, 0.3) is 0 Å². The third-order valence-corrected chi connectivity index (χ3v) is 2.54. The second-order valence-corrected chi connectivity index (χ2v) is 4.25. The minimum atomic E-state index is -0.0451. The van der Waals surface area contributed by atoms with Gasteiger partial charge in [-0.15, -0.1) is 0 Å². The zero-order valence-electron chi connectivity index (χ0n) is 9.26. The fourth-order valence-corrected chi connectivity index (χ4v) is 1.10. The summed E-state index contributed by atoms with van der Waals surface area (Å²) in [5, 5.41) is 9.08. The standard InChI is InChI=1S/C11H22O2/c1-9(10(2)12)7-6-8-11(3,4)13-5/h9,12H,2,6-8H2,1,3-5H3. The molecule has 78 valence electrons. The number of aliphatic hydroxyl groups is 1. The molecule has 0 saturated carbocycles. The molecule has 0 fully saturated rings. The number of allylic oxidation sites excluding steroid dienone is 1. The highest BCUT2D eigenvalue weighted by molar-refractivity contribution is 4.85. The van der Waals surface area contributed by atoms with E-state index in [9.17, 15) is 0 Å². The van der Waals surface area contributed by atoms with E-state index in [0.717, 1.165) is 19.3 Å². The Hall–Kier alpha value is -0.500.